The molecule has 2 aromatic carbocycles. The second-order valence-corrected chi connectivity index (χ2v) is 20.9. The Morgan fingerprint density at radius 2 is 1.19 bits per heavy atom. The number of anilines is 4. The quantitative estimate of drug-likeness (QED) is 0.0753. The molecule has 0 spiro atoms. The third kappa shape index (κ3) is 10.7. The molecular formula is C60H64N18O6. The van der Waals surface area contributed by atoms with Gasteiger partial charge in [0.2, 0.25) is 0 Å². The van der Waals surface area contributed by atoms with Gasteiger partial charge in [-0.25, -0.2) is 34.3 Å². The van der Waals surface area contributed by atoms with Gasteiger partial charge in [0.25, 0.3) is 11.8 Å². The lowest BCUT2D eigenvalue weighted by atomic mass is 10.0. The normalized spacial score (nSPS) is 14.5. The summed E-state index contributed by atoms with van der Waals surface area (Å²) >= 11 is 0. The van der Waals surface area contributed by atoms with E-state index >= 15 is 0 Å². The van der Waals surface area contributed by atoms with Crippen molar-refractivity contribution >= 4 is 79.0 Å². The number of furan rings is 1. The second-order valence-electron chi connectivity index (χ2n) is 20.9. The number of rotatable bonds is 15. The standard InChI is InChI=1S/C31H31N9O3.C29H33N9O3/c1-38-24(14-21-4-3-10-33-29(21)38)31(41)36-23-6-5-20(15-25(23)42-2)27-26-28(32)34-18-35-30(26)40(37-27)22-7-11-39(12-8-22)16-19-9-13-43-17-19;1-36-22-5-4-10-31-21(22)16-23(36)29(39)34-20-7-6-18(15-24(20)41-3)26-25-27(30)32-17-33-28(25)38(35-26)19-8-11-37(12-9-19)13-14-40-2/h3-6,9-10,13-15,17-18,22H,7-8,11-12,16H2,1-2H3,(H,36,41)(H2,32,34,35);4-7,10,15-17,19H,8-9,11-14H2,1-3H3,(H,34,39)(H2,30,32,33). The van der Waals surface area contributed by atoms with Crippen LogP contribution in [0.4, 0.5) is 23.0 Å². The first kappa shape index (κ1) is 54.8. The van der Waals surface area contributed by atoms with Crippen LogP contribution in [0.3, 0.4) is 0 Å². The van der Waals surface area contributed by atoms with Crippen LogP contribution in [-0.4, -0.2) is 141 Å². The van der Waals surface area contributed by atoms with Gasteiger partial charge in [0, 0.05) is 94.9 Å². The zero-order valence-corrected chi connectivity index (χ0v) is 47.3. The van der Waals surface area contributed by atoms with Gasteiger partial charge in [-0.15, -0.1) is 0 Å². The molecule has 9 aromatic heterocycles. The van der Waals surface area contributed by atoms with E-state index in [2.05, 4.69) is 50.3 Å². The molecule has 2 aliphatic heterocycles. The summed E-state index contributed by atoms with van der Waals surface area (Å²) < 4.78 is 29.5. The highest BCUT2D eigenvalue weighted by Crippen LogP contribution is 2.40. The summed E-state index contributed by atoms with van der Waals surface area (Å²) in [6.07, 6.45) is 13.6. The molecule has 0 radical (unpaired) electrons. The van der Waals surface area contributed by atoms with Crippen LogP contribution < -0.4 is 31.6 Å². The van der Waals surface area contributed by atoms with Crippen LogP contribution in [0.5, 0.6) is 11.5 Å². The Balaban J connectivity index is 0.000000166. The molecule has 2 amide bonds. The zero-order valence-electron chi connectivity index (χ0n) is 47.3. The largest absolute Gasteiger partial charge is 0.495 e. The Bertz CT molecular complexity index is 4190. The van der Waals surface area contributed by atoms with Gasteiger partial charge >= 0.3 is 0 Å². The summed E-state index contributed by atoms with van der Waals surface area (Å²) in [7, 11) is 8.53. The van der Waals surface area contributed by atoms with E-state index in [0.29, 0.717) is 79.4 Å². The van der Waals surface area contributed by atoms with Gasteiger partial charge in [-0.05, 0) is 92.4 Å². The number of nitrogens with two attached hydrogens (primary N) is 2. The van der Waals surface area contributed by atoms with Crippen molar-refractivity contribution in [3.63, 3.8) is 0 Å². The molecule has 0 aliphatic carbocycles. The number of aromatic nitrogens is 12. The lowest BCUT2D eigenvalue weighted by Crippen LogP contribution is -2.36. The summed E-state index contributed by atoms with van der Waals surface area (Å²) in [4.78, 5) is 57.7. The molecule has 2 saturated heterocycles. The molecule has 6 N–H and O–H groups in total. The Kier molecular flexibility index (Phi) is 15.4. The monoisotopic (exact) mass is 1130 g/mol. The highest BCUT2D eigenvalue weighted by Gasteiger charge is 2.29. The van der Waals surface area contributed by atoms with Crippen molar-refractivity contribution in [1.82, 2.24) is 68.4 Å². The third-order valence-corrected chi connectivity index (χ3v) is 16.0. The number of fused-ring (bicyclic) bond motifs is 4. The SMILES string of the molecule is COCCN1CCC(n2nc(-c3ccc(NC(=O)c4cc5ncccc5n4C)c(OC)c3)c3c(N)ncnc32)CC1.COc1cc(-c2nn(C3CCN(Cc4ccoc4)CC3)c3ncnc(N)c23)ccc1NC(=O)c1cc2cccnc2n1C. The molecule has 2 aliphatic rings. The average Bonchev–Trinajstić information content (AvgIpc) is 3.50. The number of hydrogen-bond acceptors (Lipinski definition) is 18. The first-order valence-corrected chi connectivity index (χ1v) is 27.7. The highest BCUT2D eigenvalue weighted by molar-refractivity contribution is 6.08. The number of hydrogen-bond donors (Lipinski definition) is 4. The van der Waals surface area contributed by atoms with Crippen LogP contribution in [0.25, 0.3) is 66.6 Å². The predicted molar refractivity (Wildman–Crippen MR) is 320 cm³/mol. The topological polar surface area (TPSA) is 280 Å². The number of methoxy groups -OCH3 is 3. The number of nitrogens with one attached hydrogen (secondary N) is 2. The van der Waals surface area contributed by atoms with E-state index in [9.17, 15) is 9.59 Å². The molecule has 0 bridgehead atoms. The van der Waals surface area contributed by atoms with Crippen LogP contribution >= 0.6 is 0 Å². The van der Waals surface area contributed by atoms with Crippen molar-refractivity contribution in [1.29, 1.82) is 0 Å². The van der Waals surface area contributed by atoms with E-state index in [0.717, 1.165) is 105 Å². The predicted octanol–water partition coefficient (Wildman–Crippen LogP) is 8.16. The minimum atomic E-state index is -0.266. The summed E-state index contributed by atoms with van der Waals surface area (Å²) in [6, 6.07) is 24.6. The minimum Gasteiger partial charge on any atom is -0.495 e. The van der Waals surface area contributed by atoms with E-state index in [-0.39, 0.29) is 23.9 Å². The number of carbonyl (C=O) groups excluding carboxylic acids is 2. The number of pyridine rings is 2. The minimum absolute atomic E-state index is 0.168. The highest BCUT2D eigenvalue weighted by atomic mass is 16.5. The Morgan fingerprint density at radius 3 is 1.73 bits per heavy atom. The van der Waals surface area contributed by atoms with E-state index < -0.39 is 0 Å². The van der Waals surface area contributed by atoms with Gasteiger partial charge in [0.05, 0.1) is 78.6 Å². The molecule has 0 saturated carbocycles. The zero-order chi connectivity index (χ0) is 58.0. The molecule has 11 aromatic rings. The smallest absolute Gasteiger partial charge is 0.272 e. The Labute approximate surface area is 482 Å². The first-order chi connectivity index (χ1) is 41.0. The number of nitrogen functional groups attached to an aromatic ring is 2. The number of nitrogens with zero attached hydrogens (tertiary/aromatic N) is 14. The van der Waals surface area contributed by atoms with Crippen molar-refractivity contribution in [2.75, 3.05) is 82.8 Å². The van der Waals surface area contributed by atoms with Gasteiger partial charge in [-0.3, -0.25) is 19.5 Å². The van der Waals surface area contributed by atoms with Gasteiger partial charge in [-0.1, -0.05) is 12.1 Å². The number of amides is 2. The molecule has 11 heterocycles. The van der Waals surface area contributed by atoms with Crippen molar-refractivity contribution in [2.24, 2.45) is 14.1 Å². The maximum absolute atomic E-state index is 13.3. The molecule has 84 heavy (non-hydrogen) atoms. The van der Waals surface area contributed by atoms with Crippen molar-refractivity contribution in [2.45, 2.75) is 44.3 Å². The molecule has 13 rings (SSSR count). The summed E-state index contributed by atoms with van der Waals surface area (Å²) in [5, 5.41) is 18.3. The number of likely N-dealkylation sites (tertiary alicyclic amines) is 2. The average molecular weight is 1130 g/mol. The van der Waals surface area contributed by atoms with E-state index in [1.54, 1.807) is 56.9 Å². The van der Waals surface area contributed by atoms with Gasteiger partial charge in [-0.2, -0.15) is 10.2 Å². The summed E-state index contributed by atoms with van der Waals surface area (Å²) in [5.74, 6) is 1.20. The Morgan fingerprint density at radius 1 is 0.631 bits per heavy atom. The van der Waals surface area contributed by atoms with E-state index in [1.165, 1.54) is 18.2 Å². The van der Waals surface area contributed by atoms with Crippen molar-refractivity contribution < 1.29 is 28.2 Å². The van der Waals surface area contributed by atoms with Crippen LogP contribution in [0.15, 0.2) is 121 Å². The molecule has 24 nitrogen and oxygen atoms in total. The maximum atomic E-state index is 13.3. The van der Waals surface area contributed by atoms with Crippen LogP contribution in [0, 0.1) is 0 Å². The first-order valence-electron chi connectivity index (χ1n) is 27.7. The lowest BCUT2D eigenvalue weighted by Gasteiger charge is -2.31. The van der Waals surface area contributed by atoms with Gasteiger partial charge < -0.3 is 54.8 Å². The van der Waals surface area contributed by atoms with Gasteiger partial charge in [0.15, 0.2) is 11.3 Å². The molecule has 430 valence electrons. The van der Waals surface area contributed by atoms with Crippen molar-refractivity contribution in [3.05, 3.63) is 133 Å². The fourth-order valence-electron chi connectivity index (χ4n) is 11.5. The molecular weight excluding hydrogens is 1070 g/mol. The fraction of sp³-hybridized carbons (Fsp3) is 0.300. The number of benzene rings is 2. The van der Waals surface area contributed by atoms with E-state index in [4.69, 9.17) is 40.3 Å². The second kappa shape index (κ2) is 23.6. The molecule has 0 atom stereocenters. The van der Waals surface area contributed by atoms with E-state index in [1.807, 2.05) is 101 Å². The van der Waals surface area contributed by atoms with Gasteiger partial charge in [0.1, 0.15) is 64.2 Å². The number of carbonyl (C=O) groups is 2. The number of aryl methyl sites for hydroxylation is 2. The maximum Gasteiger partial charge on any atom is 0.272 e. The molecule has 2 fully saturated rings. The molecule has 24 heteroatoms. The Hall–Kier alpha value is -9.78. The molecule has 0 unspecified atom stereocenters. The number of ether oxygens (including phenoxy) is 3. The number of piperidine rings is 2. The van der Waals surface area contributed by atoms with Crippen LogP contribution in [0.1, 0.15) is 64.3 Å². The summed E-state index contributed by atoms with van der Waals surface area (Å²) in [6.45, 7) is 6.29. The van der Waals surface area contributed by atoms with Crippen LogP contribution in [-0.2, 0) is 25.4 Å². The summed E-state index contributed by atoms with van der Waals surface area (Å²) in [5.41, 5.74) is 22.7. The fourth-order valence-corrected chi connectivity index (χ4v) is 11.5. The lowest BCUT2D eigenvalue weighted by molar-refractivity contribution is 0.101. The van der Waals surface area contributed by atoms with Crippen molar-refractivity contribution in [3.8, 4) is 34.0 Å². The third-order valence-electron chi connectivity index (χ3n) is 16.0. The van der Waals surface area contributed by atoms with Crippen LogP contribution in [0.2, 0.25) is 0 Å².